The van der Waals surface area contributed by atoms with Crippen LogP contribution >= 0.6 is 0 Å². The molecular formula is C16H24FN. The lowest BCUT2D eigenvalue weighted by atomic mass is 9.93. The molecule has 1 aliphatic heterocycles. The predicted octanol–water partition coefficient (Wildman–Crippen LogP) is 3.88. The number of piperidine rings is 1. The van der Waals surface area contributed by atoms with Crippen molar-refractivity contribution in [2.45, 2.75) is 45.6 Å². The first kappa shape index (κ1) is 13.5. The molecule has 1 aromatic rings. The van der Waals surface area contributed by atoms with Gasteiger partial charge in [-0.25, -0.2) is 4.39 Å². The Morgan fingerprint density at radius 3 is 2.22 bits per heavy atom. The van der Waals surface area contributed by atoms with Gasteiger partial charge in [-0.1, -0.05) is 32.4 Å². The van der Waals surface area contributed by atoms with E-state index < -0.39 is 0 Å². The maximum atomic E-state index is 12.9. The second kappa shape index (κ2) is 6.33. The van der Waals surface area contributed by atoms with E-state index in [0.717, 1.165) is 6.42 Å². The van der Waals surface area contributed by atoms with Gasteiger partial charge in [0.05, 0.1) is 0 Å². The van der Waals surface area contributed by atoms with Crippen molar-refractivity contribution in [3.63, 3.8) is 0 Å². The van der Waals surface area contributed by atoms with Crippen LogP contribution in [0.3, 0.4) is 0 Å². The highest BCUT2D eigenvalue weighted by atomic mass is 19.1. The Morgan fingerprint density at radius 1 is 1.06 bits per heavy atom. The van der Waals surface area contributed by atoms with E-state index >= 15 is 0 Å². The molecule has 100 valence electrons. The summed E-state index contributed by atoms with van der Waals surface area (Å²) in [6.45, 7) is 7.04. The van der Waals surface area contributed by atoms with E-state index in [1.807, 2.05) is 12.1 Å². The van der Waals surface area contributed by atoms with Crippen molar-refractivity contribution >= 4 is 0 Å². The van der Waals surface area contributed by atoms with Gasteiger partial charge in [0.1, 0.15) is 5.82 Å². The Hall–Kier alpha value is -0.890. The second-order valence-electron chi connectivity index (χ2n) is 5.74. The van der Waals surface area contributed by atoms with Gasteiger partial charge in [-0.05, 0) is 56.0 Å². The van der Waals surface area contributed by atoms with E-state index in [4.69, 9.17) is 0 Å². The number of hydrogen-bond acceptors (Lipinski definition) is 1. The fourth-order valence-corrected chi connectivity index (χ4v) is 2.90. The summed E-state index contributed by atoms with van der Waals surface area (Å²) in [6, 6.07) is 7.59. The summed E-state index contributed by atoms with van der Waals surface area (Å²) in [5.41, 5.74) is 1.25. The molecule has 1 heterocycles. The molecule has 2 rings (SSSR count). The number of benzene rings is 1. The smallest absolute Gasteiger partial charge is 0.123 e. The number of nitrogens with zero attached hydrogens (tertiary/aromatic N) is 1. The quantitative estimate of drug-likeness (QED) is 0.782. The van der Waals surface area contributed by atoms with Gasteiger partial charge in [-0.2, -0.15) is 0 Å². The molecule has 1 nitrogen and oxygen atoms in total. The maximum absolute atomic E-state index is 12.9. The molecule has 1 fully saturated rings. The lowest BCUT2D eigenvalue weighted by Gasteiger charge is -2.37. The molecule has 0 bridgehead atoms. The molecule has 1 aliphatic rings. The molecule has 0 spiro atoms. The molecule has 1 unspecified atom stereocenters. The second-order valence-corrected chi connectivity index (χ2v) is 5.74. The molecule has 0 amide bonds. The fourth-order valence-electron chi connectivity index (χ4n) is 2.90. The van der Waals surface area contributed by atoms with Gasteiger partial charge in [0.25, 0.3) is 0 Å². The van der Waals surface area contributed by atoms with Crippen molar-refractivity contribution in [2.75, 3.05) is 13.1 Å². The van der Waals surface area contributed by atoms with E-state index in [0.29, 0.717) is 12.0 Å². The topological polar surface area (TPSA) is 3.24 Å². The Labute approximate surface area is 110 Å². The highest BCUT2D eigenvalue weighted by molar-refractivity contribution is 5.17. The van der Waals surface area contributed by atoms with Crippen LogP contribution in [-0.4, -0.2) is 24.0 Å². The van der Waals surface area contributed by atoms with E-state index in [9.17, 15) is 4.39 Å². The summed E-state index contributed by atoms with van der Waals surface area (Å²) in [6.07, 6.45) is 5.06. The van der Waals surface area contributed by atoms with E-state index in [1.54, 1.807) is 12.1 Å². The predicted molar refractivity (Wildman–Crippen MR) is 74.2 cm³/mol. The molecule has 1 atom stereocenters. The van der Waals surface area contributed by atoms with Crippen LogP contribution in [0.15, 0.2) is 24.3 Å². The summed E-state index contributed by atoms with van der Waals surface area (Å²) in [7, 11) is 0. The zero-order valence-electron chi connectivity index (χ0n) is 11.5. The minimum Gasteiger partial charge on any atom is -0.300 e. The average molecular weight is 249 g/mol. The Balaban J connectivity index is 2.03. The molecule has 0 radical (unpaired) electrons. The third-order valence-corrected chi connectivity index (χ3v) is 3.99. The number of rotatable bonds is 4. The van der Waals surface area contributed by atoms with Crippen molar-refractivity contribution < 1.29 is 4.39 Å². The highest BCUT2D eigenvalue weighted by Crippen LogP contribution is 2.21. The number of halogens is 1. The van der Waals surface area contributed by atoms with Crippen LogP contribution in [0.5, 0.6) is 0 Å². The van der Waals surface area contributed by atoms with Crippen molar-refractivity contribution in [2.24, 2.45) is 5.92 Å². The minimum absolute atomic E-state index is 0.141. The Morgan fingerprint density at radius 2 is 1.67 bits per heavy atom. The first-order chi connectivity index (χ1) is 8.66. The minimum atomic E-state index is -0.141. The Kier molecular flexibility index (Phi) is 4.76. The average Bonchev–Trinajstić information content (AvgIpc) is 2.38. The van der Waals surface area contributed by atoms with E-state index in [2.05, 4.69) is 18.7 Å². The molecule has 1 saturated heterocycles. The standard InChI is InChI=1S/C16H24FN/c1-13(2)16(18-10-4-3-5-11-18)12-14-6-8-15(17)9-7-14/h6-9,13,16H,3-5,10-12H2,1-2H3. The molecule has 1 aromatic carbocycles. The normalized spacial score (nSPS) is 19.1. The lowest BCUT2D eigenvalue weighted by molar-refractivity contribution is 0.127. The zero-order chi connectivity index (χ0) is 13.0. The Bertz CT molecular complexity index is 352. The van der Waals surface area contributed by atoms with Gasteiger partial charge >= 0.3 is 0 Å². The highest BCUT2D eigenvalue weighted by Gasteiger charge is 2.23. The largest absolute Gasteiger partial charge is 0.300 e. The molecule has 0 saturated carbocycles. The van der Waals surface area contributed by atoms with Crippen LogP contribution in [-0.2, 0) is 6.42 Å². The van der Waals surface area contributed by atoms with Gasteiger partial charge in [0, 0.05) is 6.04 Å². The van der Waals surface area contributed by atoms with Crippen LogP contribution < -0.4 is 0 Å². The van der Waals surface area contributed by atoms with Crippen LogP contribution in [0.4, 0.5) is 4.39 Å². The molecule has 2 heteroatoms. The third kappa shape index (κ3) is 3.55. The molecule has 0 N–H and O–H groups in total. The van der Waals surface area contributed by atoms with Gasteiger partial charge in [0.2, 0.25) is 0 Å². The zero-order valence-corrected chi connectivity index (χ0v) is 11.5. The summed E-state index contributed by atoms with van der Waals surface area (Å²) in [4.78, 5) is 2.62. The van der Waals surface area contributed by atoms with Crippen molar-refractivity contribution in [3.05, 3.63) is 35.6 Å². The lowest BCUT2D eigenvalue weighted by Crippen LogP contribution is -2.43. The SMILES string of the molecule is CC(C)C(Cc1ccc(F)cc1)N1CCCCC1. The van der Waals surface area contributed by atoms with Gasteiger partial charge in [-0.15, -0.1) is 0 Å². The molecular weight excluding hydrogens is 225 g/mol. The van der Waals surface area contributed by atoms with Gasteiger partial charge in [0.15, 0.2) is 0 Å². The maximum Gasteiger partial charge on any atom is 0.123 e. The van der Waals surface area contributed by atoms with Crippen LogP contribution in [0.2, 0.25) is 0 Å². The van der Waals surface area contributed by atoms with Crippen molar-refractivity contribution in [1.82, 2.24) is 4.90 Å². The third-order valence-electron chi connectivity index (χ3n) is 3.99. The van der Waals surface area contributed by atoms with E-state index in [1.165, 1.54) is 37.9 Å². The van der Waals surface area contributed by atoms with Gasteiger partial charge in [-0.3, -0.25) is 4.90 Å². The summed E-state index contributed by atoms with van der Waals surface area (Å²) in [5.74, 6) is 0.506. The summed E-state index contributed by atoms with van der Waals surface area (Å²) < 4.78 is 12.9. The number of likely N-dealkylation sites (tertiary alicyclic amines) is 1. The van der Waals surface area contributed by atoms with Crippen molar-refractivity contribution in [3.8, 4) is 0 Å². The first-order valence-corrected chi connectivity index (χ1v) is 7.15. The molecule has 0 aromatic heterocycles. The summed E-state index contributed by atoms with van der Waals surface area (Å²) >= 11 is 0. The van der Waals surface area contributed by atoms with Crippen molar-refractivity contribution in [1.29, 1.82) is 0 Å². The van der Waals surface area contributed by atoms with E-state index in [-0.39, 0.29) is 5.82 Å². The van der Waals surface area contributed by atoms with Crippen LogP contribution in [0.1, 0.15) is 38.7 Å². The monoisotopic (exact) mass is 249 g/mol. The number of hydrogen-bond donors (Lipinski definition) is 0. The summed E-state index contributed by atoms with van der Waals surface area (Å²) in [5, 5.41) is 0. The molecule has 18 heavy (non-hydrogen) atoms. The van der Waals surface area contributed by atoms with Crippen LogP contribution in [0, 0.1) is 11.7 Å². The molecule has 0 aliphatic carbocycles. The van der Waals surface area contributed by atoms with Gasteiger partial charge < -0.3 is 0 Å². The first-order valence-electron chi connectivity index (χ1n) is 7.15. The fraction of sp³-hybridized carbons (Fsp3) is 0.625. The van der Waals surface area contributed by atoms with Crippen LogP contribution in [0.25, 0.3) is 0 Å².